The lowest BCUT2D eigenvalue weighted by Crippen LogP contribution is -2.43. The molecule has 0 aliphatic carbocycles. The predicted molar refractivity (Wildman–Crippen MR) is 101 cm³/mol. The van der Waals surface area contributed by atoms with Crippen molar-refractivity contribution in [3.8, 4) is 0 Å². The van der Waals surface area contributed by atoms with Crippen molar-refractivity contribution >= 4 is 0 Å². The fraction of sp³-hybridized carbons (Fsp3) is 0.714. The van der Waals surface area contributed by atoms with Crippen LogP contribution in [0.3, 0.4) is 0 Å². The topological polar surface area (TPSA) is 44.7 Å². The summed E-state index contributed by atoms with van der Waals surface area (Å²) in [5.74, 6) is 0. The Morgan fingerprint density at radius 1 is 1.12 bits per heavy atom. The molecule has 2 saturated heterocycles. The molecule has 2 fully saturated rings. The molecule has 0 radical (unpaired) electrons. The highest BCUT2D eigenvalue weighted by Crippen LogP contribution is 2.37. The van der Waals surface area contributed by atoms with Crippen LogP contribution in [-0.4, -0.2) is 46.4 Å². The maximum atomic E-state index is 9.70. The molecule has 1 aromatic rings. The molecular formula is C21H34N2O2. The monoisotopic (exact) mass is 346 g/mol. The van der Waals surface area contributed by atoms with Gasteiger partial charge in [0.2, 0.25) is 0 Å². The fourth-order valence-electron chi connectivity index (χ4n) is 4.32. The van der Waals surface area contributed by atoms with Gasteiger partial charge in [0, 0.05) is 32.2 Å². The number of hydrogen-bond donors (Lipinski definition) is 2. The van der Waals surface area contributed by atoms with Gasteiger partial charge in [-0.2, -0.15) is 0 Å². The first-order chi connectivity index (χ1) is 11.8. The zero-order valence-electron chi connectivity index (χ0n) is 16.2. The first kappa shape index (κ1) is 18.8. The molecule has 2 heterocycles. The summed E-state index contributed by atoms with van der Waals surface area (Å²) in [5, 5.41) is 13.4. The van der Waals surface area contributed by atoms with E-state index in [9.17, 15) is 5.11 Å². The average molecular weight is 347 g/mol. The largest absolute Gasteiger partial charge is 0.393 e. The first-order valence-electron chi connectivity index (χ1n) is 9.66. The van der Waals surface area contributed by atoms with E-state index in [1.165, 1.54) is 11.1 Å². The van der Waals surface area contributed by atoms with Gasteiger partial charge >= 0.3 is 0 Å². The molecule has 2 aliphatic rings. The Balaban J connectivity index is 1.61. The highest BCUT2D eigenvalue weighted by atomic mass is 16.5. The smallest absolute Gasteiger partial charge is 0.0787 e. The van der Waals surface area contributed by atoms with Crippen molar-refractivity contribution in [3.05, 3.63) is 35.4 Å². The van der Waals surface area contributed by atoms with E-state index in [2.05, 4.69) is 62.2 Å². The van der Waals surface area contributed by atoms with Crippen molar-refractivity contribution in [3.63, 3.8) is 0 Å². The number of benzene rings is 1. The predicted octanol–water partition coefficient (Wildman–Crippen LogP) is 3.08. The Labute approximate surface area is 152 Å². The Kier molecular flexibility index (Phi) is 5.54. The van der Waals surface area contributed by atoms with E-state index in [1.807, 2.05) is 0 Å². The van der Waals surface area contributed by atoms with Gasteiger partial charge in [0.1, 0.15) is 0 Å². The average Bonchev–Trinajstić information content (AvgIpc) is 2.75. The molecule has 140 valence electrons. The fourth-order valence-corrected chi connectivity index (χ4v) is 4.32. The summed E-state index contributed by atoms with van der Waals surface area (Å²) in [7, 11) is 0. The molecule has 3 rings (SSSR count). The molecule has 4 nitrogen and oxygen atoms in total. The van der Waals surface area contributed by atoms with Gasteiger partial charge in [-0.1, -0.05) is 24.3 Å². The zero-order valence-corrected chi connectivity index (χ0v) is 16.2. The molecule has 0 amide bonds. The molecular weight excluding hydrogens is 312 g/mol. The van der Waals surface area contributed by atoms with E-state index in [0.29, 0.717) is 6.04 Å². The van der Waals surface area contributed by atoms with Gasteiger partial charge < -0.3 is 15.2 Å². The summed E-state index contributed by atoms with van der Waals surface area (Å²) < 4.78 is 6.20. The molecule has 0 saturated carbocycles. The third-order valence-electron chi connectivity index (χ3n) is 5.68. The SMILES string of the molecule is CC1(C)CC(NCc2ccccc2CN2CCC(O)CC2)C(C)(C)O1. The van der Waals surface area contributed by atoms with Crippen LogP contribution in [0, 0.1) is 0 Å². The van der Waals surface area contributed by atoms with Crippen LogP contribution in [0.1, 0.15) is 58.1 Å². The van der Waals surface area contributed by atoms with Crippen LogP contribution in [0.4, 0.5) is 0 Å². The Morgan fingerprint density at radius 3 is 2.36 bits per heavy atom. The standard InChI is InChI=1S/C21H34N2O2/c1-20(2)13-19(21(3,4)25-20)22-14-16-7-5-6-8-17(16)15-23-11-9-18(24)10-12-23/h5-8,18-19,22,24H,9-15H2,1-4H3. The van der Waals surface area contributed by atoms with Crippen molar-refractivity contribution in [2.75, 3.05) is 13.1 Å². The van der Waals surface area contributed by atoms with Crippen molar-refractivity contribution in [1.82, 2.24) is 10.2 Å². The van der Waals surface area contributed by atoms with Crippen LogP contribution in [0.5, 0.6) is 0 Å². The van der Waals surface area contributed by atoms with Gasteiger partial charge in [0.25, 0.3) is 0 Å². The van der Waals surface area contributed by atoms with Crippen molar-refractivity contribution < 1.29 is 9.84 Å². The highest BCUT2D eigenvalue weighted by Gasteiger charge is 2.45. The Morgan fingerprint density at radius 2 is 1.76 bits per heavy atom. The number of aliphatic hydroxyl groups is 1. The second kappa shape index (κ2) is 7.36. The van der Waals surface area contributed by atoms with Gasteiger partial charge in [0.05, 0.1) is 17.3 Å². The molecule has 25 heavy (non-hydrogen) atoms. The normalized spacial score (nSPS) is 26.8. The number of nitrogens with one attached hydrogen (secondary N) is 1. The van der Waals surface area contributed by atoms with E-state index >= 15 is 0 Å². The molecule has 2 aliphatic heterocycles. The minimum absolute atomic E-state index is 0.0602. The summed E-state index contributed by atoms with van der Waals surface area (Å²) in [6, 6.07) is 9.09. The number of hydrogen-bond acceptors (Lipinski definition) is 4. The number of ether oxygens (including phenoxy) is 1. The third-order valence-corrected chi connectivity index (χ3v) is 5.68. The zero-order chi connectivity index (χ0) is 18.1. The molecule has 0 bridgehead atoms. The van der Waals surface area contributed by atoms with Crippen LogP contribution >= 0.6 is 0 Å². The summed E-state index contributed by atoms with van der Waals surface area (Å²) in [4.78, 5) is 2.46. The molecule has 0 aromatic heterocycles. The summed E-state index contributed by atoms with van der Waals surface area (Å²) in [6.07, 6.45) is 2.71. The van der Waals surface area contributed by atoms with Crippen molar-refractivity contribution in [2.45, 2.75) is 83.4 Å². The maximum absolute atomic E-state index is 9.70. The Bertz CT molecular complexity index is 577. The first-order valence-corrected chi connectivity index (χ1v) is 9.66. The van der Waals surface area contributed by atoms with Gasteiger partial charge in [-0.25, -0.2) is 0 Å². The van der Waals surface area contributed by atoms with Crippen molar-refractivity contribution in [1.29, 1.82) is 0 Å². The molecule has 4 heteroatoms. The lowest BCUT2D eigenvalue weighted by Gasteiger charge is -2.30. The number of piperidine rings is 1. The molecule has 1 aromatic carbocycles. The van der Waals surface area contributed by atoms with E-state index in [4.69, 9.17) is 4.74 Å². The van der Waals surface area contributed by atoms with Crippen LogP contribution in [0.2, 0.25) is 0 Å². The number of likely N-dealkylation sites (tertiary alicyclic amines) is 1. The van der Waals surface area contributed by atoms with Crippen molar-refractivity contribution in [2.24, 2.45) is 0 Å². The molecule has 2 N–H and O–H groups in total. The summed E-state index contributed by atoms with van der Waals surface area (Å²) >= 11 is 0. The summed E-state index contributed by atoms with van der Waals surface area (Å²) in [5.41, 5.74) is 2.56. The quantitative estimate of drug-likeness (QED) is 0.860. The highest BCUT2D eigenvalue weighted by molar-refractivity contribution is 5.27. The second-order valence-electron chi connectivity index (χ2n) is 8.88. The number of aliphatic hydroxyl groups excluding tert-OH is 1. The lowest BCUT2D eigenvalue weighted by molar-refractivity contribution is -0.0699. The van der Waals surface area contributed by atoms with E-state index in [0.717, 1.165) is 45.4 Å². The van der Waals surface area contributed by atoms with E-state index < -0.39 is 0 Å². The number of nitrogens with zero attached hydrogens (tertiary/aromatic N) is 1. The minimum Gasteiger partial charge on any atom is -0.393 e. The maximum Gasteiger partial charge on any atom is 0.0787 e. The molecule has 1 unspecified atom stereocenters. The second-order valence-corrected chi connectivity index (χ2v) is 8.88. The van der Waals surface area contributed by atoms with Gasteiger partial charge in [-0.3, -0.25) is 4.90 Å². The van der Waals surface area contributed by atoms with Gasteiger partial charge in [-0.15, -0.1) is 0 Å². The van der Waals surface area contributed by atoms with Crippen LogP contribution in [-0.2, 0) is 17.8 Å². The Hall–Kier alpha value is -0.940. The molecule has 0 spiro atoms. The lowest BCUT2D eigenvalue weighted by atomic mass is 9.94. The summed E-state index contributed by atoms with van der Waals surface area (Å²) in [6.45, 7) is 12.5. The third kappa shape index (κ3) is 4.82. The molecule has 1 atom stereocenters. The van der Waals surface area contributed by atoms with Crippen LogP contribution in [0.15, 0.2) is 24.3 Å². The van der Waals surface area contributed by atoms with Gasteiger partial charge in [-0.05, 0) is 58.1 Å². The van der Waals surface area contributed by atoms with E-state index in [-0.39, 0.29) is 17.3 Å². The van der Waals surface area contributed by atoms with Gasteiger partial charge in [0.15, 0.2) is 0 Å². The van der Waals surface area contributed by atoms with Crippen LogP contribution in [0.25, 0.3) is 0 Å². The minimum atomic E-state index is -0.137. The van der Waals surface area contributed by atoms with Crippen LogP contribution < -0.4 is 5.32 Å². The number of rotatable bonds is 5. The van der Waals surface area contributed by atoms with E-state index in [1.54, 1.807) is 0 Å².